The minimum Gasteiger partial charge on any atom is -0.493 e. The van der Waals surface area contributed by atoms with Gasteiger partial charge < -0.3 is 19.8 Å². The molecule has 0 bridgehead atoms. The minimum absolute atomic E-state index is 0.0966. The number of rotatable bonds is 9. The molecular formula is C23H26N4O6S. The van der Waals surface area contributed by atoms with Crippen LogP contribution in [0.25, 0.3) is 10.2 Å². The summed E-state index contributed by atoms with van der Waals surface area (Å²) in [7, 11) is 2.87. The highest BCUT2D eigenvalue weighted by Gasteiger charge is 2.21. The number of ether oxygens (including phenoxy) is 2. The number of fused-ring (bicyclic) bond motifs is 3. The van der Waals surface area contributed by atoms with Gasteiger partial charge in [0.2, 0.25) is 5.91 Å². The van der Waals surface area contributed by atoms with E-state index >= 15 is 0 Å². The fourth-order valence-corrected chi connectivity index (χ4v) is 5.55. The molecule has 2 aromatic heterocycles. The number of thiophene rings is 1. The van der Waals surface area contributed by atoms with E-state index in [9.17, 15) is 19.7 Å². The highest BCUT2D eigenvalue weighted by atomic mass is 32.1. The van der Waals surface area contributed by atoms with E-state index in [2.05, 4.69) is 15.3 Å². The third-order valence-electron chi connectivity index (χ3n) is 5.96. The second-order valence-electron chi connectivity index (χ2n) is 8.10. The first-order valence-electron chi connectivity index (χ1n) is 11.1. The van der Waals surface area contributed by atoms with E-state index in [0.717, 1.165) is 36.1 Å². The molecule has 2 N–H and O–H groups in total. The zero-order chi connectivity index (χ0) is 24.2. The summed E-state index contributed by atoms with van der Waals surface area (Å²) in [6, 6.07) is 2.87. The van der Waals surface area contributed by atoms with Gasteiger partial charge >= 0.3 is 0 Å². The number of H-pyrrole nitrogens is 1. The Morgan fingerprint density at radius 1 is 1.21 bits per heavy atom. The lowest BCUT2D eigenvalue weighted by Gasteiger charge is -2.11. The molecule has 10 nitrogen and oxygen atoms in total. The van der Waals surface area contributed by atoms with Crippen molar-refractivity contribution in [3.8, 4) is 11.5 Å². The number of nitro benzene ring substituents is 1. The fourth-order valence-electron chi connectivity index (χ4n) is 4.26. The maximum Gasteiger partial charge on any atom is 0.276 e. The highest BCUT2D eigenvalue weighted by molar-refractivity contribution is 7.18. The average Bonchev–Trinajstić information content (AvgIpc) is 3.21. The molecular weight excluding hydrogens is 460 g/mol. The Morgan fingerprint density at radius 2 is 1.94 bits per heavy atom. The number of nitrogens with one attached hydrogen (secondary N) is 2. The predicted molar refractivity (Wildman–Crippen MR) is 128 cm³/mol. The Morgan fingerprint density at radius 3 is 2.68 bits per heavy atom. The number of hydrogen-bond donors (Lipinski definition) is 2. The Balaban J connectivity index is 1.37. The van der Waals surface area contributed by atoms with Crippen LogP contribution in [0.1, 0.15) is 41.1 Å². The van der Waals surface area contributed by atoms with Gasteiger partial charge in [0.1, 0.15) is 10.7 Å². The number of aryl methyl sites for hydroxylation is 3. The molecule has 34 heavy (non-hydrogen) atoms. The van der Waals surface area contributed by atoms with E-state index in [1.165, 1.54) is 25.2 Å². The van der Waals surface area contributed by atoms with Gasteiger partial charge in [0, 0.05) is 29.8 Å². The molecule has 0 saturated carbocycles. The van der Waals surface area contributed by atoms with Gasteiger partial charge in [-0.3, -0.25) is 19.7 Å². The van der Waals surface area contributed by atoms with Crippen LogP contribution in [0.5, 0.6) is 11.5 Å². The minimum atomic E-state index is -0.486. The number of amides is 1. The van der Waals surface area contributed by atoms with E-state index in [-0.39, 0.29) is 42.3 Å². The lowest BCUT2D eigenvalue weighted by molar-refractivity contribution is -0.385. The molecule has 0 saturated heterocycles. The van der Waals surface area contributed by atoms with Crippen LogP contribution in [0.3, 0.4) is 0 Å². The van der Waals surface area contributed by atoms with Crippen molar-refractivity contribution < 1.29 is 19.2 Å². The van der Waals surface area contributed by atoms with Crippen molar-refractivity contribution in [3.05, 3.63) is 54.4 Å². The van der Waals surface area contributed by atoms with Crippen LogP contribution in [-0.2, 0) is 30.5 Å². The first kappa shape index (κ1) is 23.7. The summed E-state index contributed by atoms with van der Waals surface area (Å²) < 4.78 is 10.4. The monoisotopic (exact) mass is 486 g/mol. The molecule has 4 rings (SSSR count). The molecule has 0 radical (unpaired) electrons. The van der Waals surface area contributed by atoms with Crippen molar-refractivity contribution in [1.82, 2.24) is 15.3 Å². The molecule has 1 aromatic carbocycles. The summed E-state index contributed by atoms with van der Waals surface area (Å²) in [4.78, 5) is 45.3. The molecule has 1 amide bonds. The molecule has 11 heteroatoms. The normalized spacial score (nSPS) is 12.9. The number of benzene rings is 1. The van der Waals surface area contributed by atoms with Crippen LogP contribution in [0.4, 0.5) is 5.69 Å². The molecule has 180 valence electrons. The van der Waals surface area contributed by atoms with Gasteiger partial charge in [0.25, 0.3) is 11.2 Å². The number of methoxy groups -OCH3 is 2. The molecule has 1 aliphatic carbocycles. The number of carbonyl (C=O) groups excluding carboxylic acids is 1. The van der Waals surface area contributed by atoms with Crippen LogP contribution in [0, 0.1) is 10.1 Å². The third kappa shape index (κ3) is 4.89. The van der Waals surface area contributed by atoms with Crippen LogP contribution >= 0.6 is 11.3 Å². The predicted octanol–water partition coefficient (Wildman–Crippen LogP) is 3.08. The number of carbonyl (C=O) groups is 1. The summed E-state index contributed by atoms with van der Waals surface area (Å²) in [6.45, 7) is 0.218. The molecule has 0 aliphatic heterocycles. The van der Waals surface area contributed by atoms with Crippen molar-refractivity contribution in [3.63, 3.8) is 0 Å². The van der Waals surface area contributed by atoms with E-state index < -0.39 is 4.92 Å². The Hall–Kier alpha value is -3.47. The number of hydrogen-bond acceptors (Lipinski definition) is 8. The smallest absolute Gasteiger partial charge is 0.276 e. The topological polar surface area (TPSA) is 136 Å². The zero-order valence-corrected chi connectivity index (χ0v) is 19.9. The second-order valence-corrected chi connectivity index (χ2v) is 9.18. The van der Waals surface area contributed by atoms with E-state index in [1.54, 1.807) is 17.4 Å². The van der Waals surface area contributed by atoms with E-state index in [0.29, 0.717) is 28.9 Å². The van der Waals surface area contributed by atoms with Crippen molar-refractivity contribution in [2.45, 2.75) is 44.9 Å². The van der Waals surface area contributed by atoms with Crippen molar-refractivity contribution in [2.75, 3.05) is 20.8 Å². The standard InChI is InChI=1S/C23H26N4O6S/c1-32-16-11-13(15(27(30)31)12-17(16)33-2)9-10-24-20(28)8-7-19-25-22(29)21-14-5-3-4-6-18(14)34-23(21)26-19/h11-12H,3-10H2,1-2H3,(H,24,28)(H,25,26,29). The highest BCUT2D eigenvalue weighted by Crippen LogP contribution is 2.35. The van der Waals surface area contributed by atoms with Crippen LogP contribution in [0.15, 0.2) is 16.9 Å². The van der Waals surface area contributed by atoms with Gasteiger partial charge in [-0.1, -0.05) is 0 Å². The zero-order valence-electron chi connectivity index (χ0n) is 19.1. The van der Waals surface area contributed by atoms with Gasteiger partial charge in [0.15, 0.2) is 11.5 Å². The number of aromatic amines is 1. The van der Waals surface area contributed by atoms with Gasteiger partial charge in [0.05, 0.1) is 30.6 Å². The van der Waals surface area contributed by atoms with Gasteiger partial charge in [-0.2, -0.15) is 0 Å². The maximum atomic E-state index is 12.6. The molecule has 0 unspecified atom stereocenters. The Labute approximate surface area is 199 Å². The van der Waals surface area contributed by atoms with Crippen LogP contribution in [0.2, 0.25) is 0 Å². The largest absolute Gasteiger partial charge is 0.493 e. The van der Waals surface area contributed by atoms with Crippen molar-refractivity contribution in [2.24, 2.45) is 0 Å². The third-order valence-corrected chi connectivity index (χ3v) is 7.15. The second kappa shape index (κ2) is 10.2. The average molecular weight is 487 g/mol. The molecule has 0 spiro atoms. The molecule has 1 aliphatic rings. The molecule has 0 atom stereocenters. The molecule has 0 fully saturated rings. The molecule has 2 heterocycles. The molecule has 3 aromatic rings. The SMILES string of the molecule is COc1cc(CCNC(=O)CCc2nc3sc4c(c3c(=O)[nH]2)CCCC4)c([N+](=O)[O-])cc1OC. The number of nitrogens with zero attached hydrogens (tertiary/aromatic N) is 2. The number of aromatic nitrogens is 2. The Kier molecular flexibility index (Phi) is 7.11. The Bertz CT molecular complexity index is 1300. The van der Waals surface area contributed by atoms with Gasteiger partial charge in [-0.05, 0) is 43.7 Å². The summed E-state index contributed by atoms with van der Waals surface area (Å²) in [5.41, 5.74) is 1.33. The summed E-state index contributed by atoms with van der Waals surface area (Å²) in [5, 5.41) is 14.9. The quantitative estimate of drug-likeness (QED) is 0.350. The summed E-state index contributed by atoms with van der Waals surface area (Å²) in [5.74, 6) is 0.917. The van der Waals surface area contributed by atoms with E-state index in [4.69, 9.17) is 9.47 Å². The first-order chi connectivity index (χ1) is 16.4. The lowest BCUT2D eigenvalue weighted by Crippen LogP contribution is -2.26. The van der Waals surface area contributed by atoms with E-state index in [1.807, 2.05) is 0 Å². The van der Waals surface area contributed by atoms with Gasteiger partial charge in [-0.25, -0.2) is 4.98 Å². The maximum absolute atomic E-state index is 12.6. The first-order valence-corrected chi connectivity index (χ1v) is 11.9. The van der Waals surface area contributed by atoms with Crippen LogP contribution in [-0.4, -0.2) is 41.6 Å². The lowest BCUT2D eigenvalue weighted by atomic mass is 9.97. The van der Waals surface area contributed by atoms with Crippen molar-refractivity contribution >= 4 is 33.1 Å². The summed E-state index contributed by atoms with van der Waals surface area (Å²) >= 11 is 1.58. The summed E-state index contributed by atoms with van der Waals surface area (Å²) in [6.07, 6.45) is 4.84. The van der Waals surface area contributed by atoms with Gasteiger partial charge in [-0.15, -0.1) is 11.3 Å². The van der Waals surface area contributed by atoms with Crippen molar-refractivity contribution in [1.29, 1.82) is 0 Å². The number of nitro groups is 1. The fraction of sp³-hybridized carbons (Fsp3) is 0.435. The van der Waals surface area contributed by atoms with Crippen LogP contribution < -0.4 is 20.3 Å².